The van der Waals surface area contributed by atoms with Crippen LogP contribution in [-0.2, 0) is 9.59 Å². The number of benzene rings is 2. The molecule has 0 aromatic heterocycles. The van der Waals surface area contributed by atoms with Crippen LogP contribution in [0.4, 0.5) is 8.78 Å². The minimum absolute atomic E-state index is 0.0282. The lowest BCUT2D eigenvalue weighted by molar-refractivity contribution is -0.142. The number of para-hydroxylation sites is 1. The van der Waals surface area contributed by atoms with E-state index < -0.39 is 29.6 Å². The molecule has 0 saturated heterocycles. The number of aliphatic carboxylic acids is 1. The Morgan fingerprint density at radius 2 is 1.85 bits per heavy atom. The van der Waals surface area contributed by atoms with Crippen molar-refractivity contribution in [2.75, 3.05) is 13.7 Å². The summed E-state index contributed by atoms with van der Waals surface area (Å²) < 4.78 is 37.2. The summed E-state index contributed by atoms with van der Waals surface area (Å²) in [6.45, 7) is 0.0866. The van der Waals surface area contributed by atoms with E-state index in [4.69, 9.17) is 9.47 Å². The van der Waals surface area contributed by atoms with Crippen molar-refractivity contribution in [3.8, 4) is 11.5 Å². The molecular weight excluding hydrogens is 360 g/mol. The first-order chi connectivity index (χ1) is 12.9. The zero-order chi connectivity index (χ0) is 19.8. The molecule has 144 valence electrons. The second-order valence-electron chi connectivity index (χ2n) is 5.62. The molecule has 0 aliphatic carbocycles. The lowest BCUT2D eigenvalue weighted by atomic mass is 10.1. The number of nitrogens with one attached hydrogen (secondary N) is 1. The van der Waals surface area contributed by atoms with Gasteiger partial charge in [-0.2, -0.15) is 0 Å². The zero-order valence-corrected chi connectivity index (χ0v) is 14.6. The molecule has 27 heavy (non-hydrogen) atoms. The van der Waals surface area contributed by atoms with Crippen molar-refractivity contribution in [1.82, 2.24) is 5.32 Å². The summed E-state index contributed by atoms with van der Waals surface area (Å²) in [6, 6.07) is 8.13. The summed E-state index contributed by atoms with van der Waals surface area (Å²) in [7, 11) is 1.29. The molecule has 0 aliphatic heterocycles. The highest BCUT2D eigenvalue weighted by atomic mass is 19.1. The summed E-state index contributed by atoms with van der Waals surface area (Å²) in [5.74, 6) is -3.05. The van der Waals surface area contributed by atoms with Crippen LogP contribution in [0.15, 0.2) is 42.5 Å². The number of halogens is 2. The number of hydrogen-bond acceptors (Lipinski definition) is 4. The minimum atomic E-state index is -1.40. The molecule has 0 saturated carbocycles. The molecule has 1 unspecified atom stereocenters. The second kappa shape index (κ2) is 9.51. The van der Waals surface area contributed by atoms with E-state index in [0.717, 1.165) is 6.07 Å². The first-order valence-corrected chi connectivity index (χ1v) is 8.15. The molecule has 0 aliphatic rings. The van der Waals surface area contributed by atoms with Gasteiger partial charge in [0.1, 0.15) is 0 Å². The Bertz CT molecular complexity index is 812. The number of amides is 1. The Morgan fingerprint density at radius 3 is 2.48 bits per heavy atom. The van der Waals surface area contributed by atoms with Gasteiger partial charge in [0.15, 0.2) is 29.2 Å². The Labute approximate surface area is 154 Å². The van der Waals surface area contributed by atoms with Crippen molar-refractivity contribution in [2.45, 2.75) is 18.9 Å². The molecular formula is C19H19F2NO5. The van der Waals surface area contributed by atoms with Crippen LogP contribution in [0.5, 0.6) is 11.5 Å². The molecule has 1 atom stereocenters. The maximum atomic E-state index is 13.8. The topological polar surface area (TPSA) is 84.9 Å². The normalized spacial score (nSPS) is 11.5. The zero-order valence-electron chi connectivity index (χ0n) is 14.6. The predicted molar refractivity (Wildman–Crippen MR) is 92.6 cm³/mol. The van der Waals surface area contributed by atoms with Gasteiger partial charge < -0.3 is 19.9 Å². The van der Waals surface area contributed by atoms with Crippen LogP contribution in [0, 0.1) is 11.6 Å². The number of carboxylic acid groups (broad SMARTS) is 1. The van der Waals surface area contributed by atoms with E-state index in [1.54, 1.807) is 6.07 Å². The SMILES string of the molecule is COc1ccc(C(NC(=O)CCCOc2ccccc2F)C(=O)O)cc1F. The van der Waals surface area contributed by atoms with Gasteiger partial charge in [0.25, 0.3) is 0 Å². The van der Waals surface area contributed by atoms with Gasteiger partial charge in [-0.25, -0.2) is 13.6 Å². The standard InChI is InChI=1S/C19H19F2NO5/c1-26-15-9-8-12(11-14(15)21)18(19(24)25)22-17(23)7-4-10-27-16-6-3-2-5-13(16)20/h2-3,5-6,8-9,11,18H,4,7,10H2,1H3,(H,22,23)(H,24,25). The van der Waals surface area contributed by atoms with Crippen LogP contribution in [0.2, 0.25) is 0 Å². The van der Waals surface area contributed by atoms with Crippen molar-refractivity contribution >= 4 is 11.9 Å². The summed E-state index contributed by atoms with van der Waals surface area (Å²) in [4.78, 5) is 23.4. The van der Waals surface area contributed by atoms with Crippen LogP contribution in [-0.4, -0.2) is 30.7 Å². The van der Waals surface area contributed by atoms with Gasteiger partial charge in [0.2, 0.25) is 5.91 Å². The van der Waals surface area contributed by atoms with Crippen LogP contribution in [0.25, 0.3) is 0 Å². The van der Waals surface area contributed by atoms with Crippen LogP contribution < -0.4 is 14.8 Å². The van der Waals surface area contributed by atoms with E-state index in [0.29, 0.717) is 0 Å². The number of carbonyl (C=O) groups is 2. The molecule has 2 aromatic rings. The summed E-state index contributed by atoms with van der Waals surface area (Å²) in [5.41, 5.74) is 0.0803. The maximum absolute atomic E-state index is 13.8. The van der Waals surface area contributed by atoms with Crippen molar-refractivity contribution < 1.29 is 33.0 Å². The fourth-order valence-corrected chi connectivity index (χ4v) is 2.36. The molecule has 6 nitrogen and oxygen atoms in total. The van der Waals surface area contributed by atoms with E-state index in [1.165, 1.54) is 37.4 Å². The molecule has 0 spiro atoms. The Morgan fingerprint density at radius 1 is 1.11 bits per heavy atom. The van der Waals surface area contributed by atoms with Crippen molar-refractivity contribution in [1.29, 1.82) is 0 Å². The maximum Gasteiger partial charge on any atom is 0.330 e. The summed E-state index contributed by atoms with van der Waals surface area (Å²) in [6.07, 6.45) is 0.223. The first kappa shape index (κ1) is 20.2. The van der Waals surface area contributed by atoms with Gasteiger partial charge in [-0.3, -0.25) is 4.79 Å². The largest absolute Gasteiger partial charge is 0.494 e. The lowest BCUT2D eigenvalue weighted by Crippen LogP contribution is -2.33. The minimum Gasteiger partial charge on any atom is -0.494 e. The Hall–Kier alpha value is -3.16. The molecule has 8 heteroatoms. The molecule has 2 N–H and O–H groups in total. The molecule has 0 heterocycles. The number of hydrogen-bond donors (Lipinski definition) is 2. The molecule has 1 amide bonds. The fraction of sp³-hybridized carbons (Fsp3) is 0.263. The third kappa shape index (κ3) is 5.67. The Balaban J connectivity index is 1.89. The van der Waals surface area contributed by atoms with E-state index in [1.807, 2.05) is 0 Å². The number of carboxylic acids is 1. The van der Waals surface area contributed by atoms with Crippen molar-refractivity contribution in [2.24, 2.45) is 0 Å². The van der Waals surface area contributed by atoms with Gasteiger partial charge >= 0.3 is 5.97 Å². The smallest absolute Gasteiger partial charge is 0.330 e. The molecule has 0 fully saturated rings. The third-order valence-electron chi connectivity index (χ3n) is 3.70. The highest BCUT2D eigenvalue weighted by Crippen LogP contribution is 2.22. The van der Waals surface area contributed by atoms with Gasteiger partial charge in [-0.1, -0.05) is 18.2 Å². The van der Waals surface area contributed by atoms with Gasteiger partial charge in [-0.15, -0.1) is 0 Å². The van der Waals surface area contributed by atoms with Gasteiger partial charge in [0.05, 0.1) is 13.7 Å². The lowest BCUT2D eigenvalue weighted by Gasteiger charge is -2.16. The van der Waals surface area contributed by atoms with E-state index >= 15 is 0 Å². The molecule has 0 bridgehead atoms. The number of rotatable bonds is 9. The monoisotopic (exact) mass is 379 g/mol. The number of methoxy groups -OCH3 is 1. The Kier molecular flexibility index (Phi) is 7.10. The van der Waals surface area contributed by atoms with Crippen LogP contribution >= 0.6 is 0 Å². The molecule has 2 rings (SSSR count). The molecule has 2 aromatic carbocycles. The van der Waals surface area contributed by atoms with Crippen LogP contribution in [0.1, 0.15) is 24.4 Å². The van der Waals surface area contributed by atoms with Gasteiger partial charge in [-0.05, 0) is 36.2 Å². The highest BCUT2D eigenvalue weighted by Gasteiger charge is 2.23. The molecule has 0 radical (unpaired) electrons. The van der Waals surface area contributed by atoms with Crippen molar-refractivity contribution in [3.05, 3.63) is 59.7 Å². The quantitative estimate of drug-likeness (QED) is 0.654. The predicted octanol–water partition coefficient (Wildman–Crippen LogP) is 3.07. The second-order valence-corrected chi connectivity index (χ2v) is 5.62. The third-order valence-corrected chi connectivity index (χ3v) is 3.70. The summed E-state index contributed by atoms with van der Waals surface area (Å²) in [5, 5.41) is 11.6. The summed E-state index contributed by atoms with van der Waals surface area (Å²) >= 11 is 0. The van der Waals surface area contributed by atoms with E-state index in [9.17, 15) is 23.5 Å². The van der Waals surface area contributed by atoms with Gasteiger partial charge in [0, 0.05) is 6.42 Å². The fourth-order valence-electron chi connectivity index (χ4n) is 2.36. The van der Waals surface area contributed by atoms with E-state index in [-0.39, 0.29) is 36.5 Å². The average Bonchev–Trinajstić information content (AvgIpc) is 2.64. The number of carbonyl (C=O) groups excluding carboxylic acids is 1. The van der Waals surface area contributed by atoms with Crippen LogP contribution in [0.3, 0.4) is 0 Å². The first-order valence-electron chi connectivity index (χ1n) is 8.15. The number of ether oxygens (including phenoxy) is 2. The van der Waals surface area contributed by atoms with E-state index in [2.05, 4.69) is 5.32 Å². The highest BCUT2D eigenvalue weighted by molar-refractivity contribution is 5.84. The van der Waals surface area contributed by atoms with Crippen molar-refractivity contribution in [3.63, 3.8) is 0 Å². The average molecular weight is 379 g/mol.